The van der Waals surface area contributed by atoms with E-state index in [0.29, 0.717) is 17.2 Å². The minimum Gasteiger partial charge on any atom is -0.338 e. The summed E-state index contributed by atoms with van der Waals surface area (Å²) >= 11 is 0. The predicted molar refractivity (Wildman–Crippen MR) is 117 cm³/mol. The molecule has 0 saturated carbocycles. The van der Waals surface area contributed by atoms with Gasteiger partial charge < -0.3 is 20.4 Å². The average molecular weight is 401 g/mol. The number of piperidine rings is 2. The van der Waals surface area contributed by atoms with E-state index in [9.17, 15) is 9.59 Å². The molecule has 3 rings (SSSR count). The van der Waals surface area contributed by atoms with E-state index >= 15 is 0 Å². The van der Waals surface area contributed by atoms with E-state index in [-0.39, 0.29) is 18.0 Å². The van der Waals surface area contributed by atoms with Gasteiger partial charge in [0.15, 0.2) is 0 Å². The van der Waals surface area contributed by atoms with Gasteiger partial charge in [0.1, 0.15) is 0 Å². The van der Waals surface area contributed by atoms with Crippen molar-refractivity contribution >= 4 is 17.6 Å². The van der Waals surface area contributed by atoms with Gasteiger partial charge in [-0.1, -0.05) is 6.92 Å². The lowest BCUT2D eigenvalue weighted by Gasteiger charge is -2.38. The van der Waals surface area contributed by atoms with Crippen molar-refractivity contribution in [2.24, 2.45) is 11.8 Å². The molecule has 160 valence electrons. The van der Waals surface area contributed by atoms with Gasteiger partial charge in [-0.3, -0.25) is 4.79 Å². The summed E-state index contributed by atoms with van der Waals surface area (Å²) in [4.78, 5) is 29.4. The van der Waals surface area contributed by atoms with Gasteiger partial charge in [-0.15, -0.1) is 0 Å². The van der Waals surface area contributed by atoms with E-state index in [4.69, 9.17) is 0 Å². The SMILES string of the molecule is CC1CCN(CC2CCCN(C(=O)c3ccc(NC(=O)NC(C)C)cc3)C2)CC1. The third-order valence-corrected chi connectivity index (χ3v) is 6.01. The van der Waals surface area contributed by atoms with Crippen LogP contribution in [0.2, 0.25) is 0 Å². The highest BCUT2D eigenvalue weighted by molar-refractivity contribution is 5.95. The molecule has 0 aromatic heterocycles. The van der Waals surface area contributed by atoms with Gasteiger partial charge in [0.2, 0.25) is 0 Å². The standard InChI is InChI=1S/C23H36N4O2/c1-17(2)24-23(29)25-21-8-6-20(7-9-21)22(28)27-12-4-5-19(16-27)15-26-13-10-18(3)11-14-26/h6-9,17-19H,4-5,10-16H2,1-3H3,(H2,24,25,29). The predicted octanol–water partition coefficient (Wildman–Crippen LogP) is 3.80. The van der Waals surface area contributed by atoms with Crippen LogP contribution in [0.3, 0.4) is 0 Å². The van der Waals surface area contributed by atoms with Crippen molar-refractivity contribution in [3.8, 4) is 0 Å². The summed E-state index contributed by atoms with van der Waals surface area (Å²) in [5.74, 6) is 1.52. The Morgan fingerprint density at radius 2 is 1.76 bits per heavy atom. The summed E-state index contributed by atoms with van der Waals surface area (Å²) in [6, 6.07) is 7.06. The van der Waals surface area contributed by atoms with Crippen molar-refractivity contribution in [1.29, 1.82) is 0 Å². The lowest BCUT2D eigenvalue weighted by atomic mass is 9.94. The lowest BCUT2D eigenvalue weighted by Crippen LogP contribution is -2.45. The van der Waals surface area contributed by atoms with Gasteiger partial charge in [0.25, 0.3) is 5.91 Å². The molecule has 1 aromatic carbocycles. The Balaban J connectivity index is 1.52. The number of hydrogen-bond donors (Lipinski definition) is 2. The fourth-order valence-corrected chi connectivity index (χ4v) is 4.32. The van der Waals surface area contributed by atoms with Crippen molar-refractivity contribution < 1.29 is 9.59 Å². The number of carbonyl (C=O) groups excluding carboxylic acids is 2. The first kappa shape index (κ1) is 21.6. The fourth-order valence-electron chi connectivity index (χ4n) is 4.32. The Morgan fingerprint density at radius 1 is 1.07 bits per heavy atom. The van der Waals surface area contributed by atoms with E-state index < -0.39 is 0 Å². The van der Waals surface area contributed by atoms with Crippen molar-refractivity contribution in [3.05, 3.63) is 29.8 Å². The zero-order valence-corrected chi connectivity index (χ0v) is 18.1. The van der Waals surface area contributed by atoms with Crippen LogP contribution in [0.4, 0.5) is 10.5 Å². The second-order valence-electron chi connectivity index (χ2n) is 9.07. The number of hydrogen-bond acceptors (Lipinski definition) is 3. The first-order chi connectivity index (χ1) is 13.9. The molecule has 2 heterocycles. The number of amides is 3. The van der Waals surface area contributed by atoms with Gasteiger partial charge in [0.05, 0.1) is 0 Å². The summed E-state index contributed by atoms with van der Waals surface area (Å²) in [6.45, 7) is 11.4. The Bertz CT molecular complexity index is 681. The largest absolute Gasteiger partial charge is 0.338 e. The molecule has 0 aliphatic carbocycles. The van der Waals surface area contributed by atoms with E-state index in [0.717, 1.165) is 32.0 Å². The highest BCUT2D eigenvalue weighted by Gasteiger charge is 2.27. The normalized spacial score (nSPS) is 21.2. The van der Waals surface area contributed by atoms with Gasteiger partial charge >= 0.3 is 6.03 Å². The average Bonchev–Trinajstić information content (AvgIpc) is 2.69. The summed E-state index contributed by atoms with van der Waals surface area (Å²) in [5.41, 5.74) is 1.38. The number of rotatable bonds is 5. The molecular formula is C23H36N4O2. The molecule has 1 atom stereocenters. The molecule has 29 heavy (non-hydrogen) atoms. The Morgan fingerprint density at radius 3 is 2.41 bits per heavy atom. The summed E-state index contributed by atoms with van der Waals surface area (Å²) in [6.07, 6.45) is 4.88. The van der Waals surface area contributed by atoms with Crippen LogP contribution in [0.1, 0.15) is 56.8 Å². The molecular weight excluding hydrogens is 364 g/mol. The zero-order valence-electron chi connectivity index (χ0n) is 18.1. The maximum atomic E-state index is 13.0. The molecule has 1 aromatic rings. The van der Waals surface area contributed by atoms with Crippen LogP contribution >= 0.6 is 0 Å². The second kappa shape index (κ2) is 10.1. The Hall–Kier alpha value is -2.08. The van der Waals surface area contributed by atoms with Gasteiger partial charge in [0, 0.05) is 36.9 Å². The number of urea groups is 1. The number of benzene rings is 1. The maximum absolute atomic E-state index is 13.0. The molecule has 6 heteroatoms. The van der Waals surface area contributed by atoms with Gasteiger partial charge in [-0.25, -0.2) is 4.79 Å². The van der Waals surface area contributed by atoms with Crippen LogP contribution in [0.25, 0.3) is 0 Å². The third-order valence-electron chi connectivity index (χ3n) is 6.01. The van der Waals surface area contributed by atoms with Crippen molar-refractivity contribution in [3.63, 3.8) is 0 Å². The molecule has 2 aliphatic heterocycles. The lowest BCUT2D eigenvalue weighted by molar-refractivity contribution is 0.0622. The highest BCUT2D eigenvalue weighted by Crippen LogP contribution is 2.23. The third kappa shape index (κ3) is 6.46. The molecule has 6 nitrogen and oxygen atoms in total. The van der Waals surface area contributed by atoms with Crippen molar-refractivity contribution in [2.75, 3.05) is 38.0 Å². The summed E-state index contributed by atoms with van der Waals surface area (Å²) < 4.78 is 0. The molecule has 2 aliphatic rings. The van der Waals surface area contributed by atoms with E-state index in [2.05, 4.69) is 22.5 Å². The minimum atomic E-state index is -0.231. The number of nitrogens with zero attached hydrogens (tertiary/aromatic N) is 2. The molecule has 3 amide bonds. The fraction of sp³-hybridized carbons (Fsp3) is 0.652. The summed E-state index contributed by atoms with van der Waals surface area (Å²) in [7, 11) is 0. The van der Waals surface area contributed by atoms with Crippen LogP contribution in [0.15, 0.2) is 24.3 Å². The first-order valence-corrected chi connectivity index (χ1v) is 11.1. The molecule has 0 spiro atoms. The highest BCUT2D eigenvalue weighted by atomic mass is 16.2. The van der Waals surface area contributed by atoms with Crippen LogP contribution in [0, 0.1) is 11.8 Å². The van der Waals surface area contributed by atoms with E-state index in [1.165, 1.54) is 32.4 Å². The topological polar surface area (TPSA) is 64.7 Å². The van der Waals surface area contributed by atoms with Crippen LogP contribution in [-0.2, 0) is 0 Å². The van der Waals surface area contributed by atoms with Crippen molar-refractivity contribution in [1.82, 2.24) is 15.1 Å². The molecule has 2 saturated heterocycles. The van der Waals surface area contributed by atoms with Crippen LogP contribution < -0.4 is 10.6 Å². The minimum absolute atomic E-state index is 0.0798. The number of likely N-dealkylation sites (tertiary alicyclic amines) is 2. The molecule has 2 fully saturated rings. The number of carbonyl (C=O) groups is 2. The number of anilines is 1. The van der Waals surface area contributed by atoms with Gasteiger partial charge in [-0.2, -0.15) is 0 Å². The smallest absolute Gasteiger partial charge is 0.319 e. The zero-order chi connectivity index (χ0) is 20.8. The molecule has 0 radical (unpaired) electrons. The Labute approximate surface area is 175 Å². The van der Waals surface area contributed by atoms with Gasteiger partial charge in [-0.05, 0) is 88.7 Å². The second-order valence-corrected chi connectivity index (χ2v) is 9.07. The van der Waals surface area contributed by atoms with Crippen molar-refractivity contribution in [2.45, 2.75) is 52.5 Å². The Kier molecular flexibility index (Phi) is 7.53. The first-order valence-electron chi connectivity index (χ1n) is 11.1. The molecule has 0 bridgehead atoms. The molecule has 2 N–H and O–H groups in total. The maximum Gasteiger partial charge on any atom is 0.319 e. The van der Waals surface area contributed by atoms with E-state index in [1.807, 2.05) is 30.9 Å². The molecule has 1 unspecified atom stereocenters. The summed E-state index contributed by atoms with van der Waals surface area (Å²) in [5, 5.41) is 5.59. The monoisotopic (exact) mass is 400 g/mol. The van der Waals surface area contributed by atoms with Crippen LogP contribution in [-0.4, -0.2) is 60.5 Å². The quantitative estimate of drug-likeness (QED) is 0.790. The van der Waals surface area contributed by atoms with Crippen LogP contribution in [0.5, 0.6) is 0 Å². The number of nitrogens with one attached hydrogen (secondary N) is 2. The van der Waals surface area contributed by atoms with E-state index in [1.54, 1.807) is 12.1 Å².